The molecule has 7 heteroatoms. The van der Waals surface area contributed by atoms with Gasteiger partial charge in [-0.25, -0.2) is 0 Å². The molecule has 1 amide bonds. The van der Waals surface area contributed by atoms with E-state index in [1.807, 2.05) is 0 Å². The molecule has 0 fully saturated rings. The van der Waals surface area contributed by atoms with Crippen LogP contribution in [0.3, 0.4) is 0 Å². The number of nitro benzene ring substituents is 1. The molecular weight excluding hydrogens is 288 g/mol. The van der Waals surface area contributed by atoms with Gasteiger partial charge in [0.15, 0.2) is 11.5 Å². The summed E-state index contributed by atoms with van der Waals surface area (Å²) in [5.41, 5.74) is 1.49. The van der Waals surface area contributed by atoms with E-state index in [-0.39, 0.29) is 29.5 Å². The lowest BCUT2D eigenvalue weighted by Gasteiger charge is -2.15. The predicted molar refractivity (Wildman–Crippen MR) is 76.4 cm³/mol. The quantitative estimate of drug-likeness (QED) is 0.513. The monoisotopic (exact) mass is 300 g/mol. The van der Waals surface area contributed by atoms with Crippen LogP contribution >= 0.6 is 0 Å². The summed E-state index contributed by atoms with van der Waals surface area (Å²) in [4.78, 5) is 23.9. The van der Waals surface area contributed by atoms with E-state index in [0.717, 1.165) is 5.56 Å². The Bertz CT molecular complexity index is 770. The van der Waals surface area contributed by atoms with Gasteiger partial charge in [-0.2, -0.15) is 0 Å². The first-order valence-electron chi connectivity index (χ1n) is 6.54. The van der Waals surface area contributed by atoms with Crippen molar-refractivity contribution in [2.24, 2.45) is 0 Å². The highest BCUT2D eigenvalue weighted by atomic mass is 16.6. The van der Waals surface area contributed by atoms with Crippen LogP contribution in [0.5, 0.6) is 11.5 Å². The van der Waals surface area contributed by atoms with E-state index < -0.39 is 10.7 Å². The van der Waals surface area contributed by atoms with Crippen LogP contribution in [-0.2, 0) is 13.1 Å². The third-order valence-electron chi connectivity index (χ3n) is 3.63. The molecule has 0 unspecified atom stereocenters. The summed E-state index contributed by atoms with van der Waals surface area (Å²) in [5, 5.41) is 29.9. The number of nitro groups is 1. The van der Waals surface area contributed by atoms with Gasteiger partial charge in [0, 0.05) is 25.2 Å². The number of phenolic OH excluding ortho intramolecular Hbond substituents is 2. The van der Waals surface area contributed by atoms with Crippen LogP contribution in [0.25, 0.3) is 0 Å². The fourth-order valence-electron chi connectivity index (χ4n) is 2.50. The molecule has 0 atom stereocenters. The molecule has 2 N–H and O–H groups in total. The van der Waals surface area contributed by atoms with Gasteiger partial charge >= 0.3 is 0 Å². The zero-order chi connectivity index (χ0) is 15.9. The molecule has 7 nitrogen and oxygen atoms in total. The molecule has 22 heavy (non-hydrogen) atoms. The number of nitrogens with zero attached hydrogens (tertiary/aromatic N) is 2. The first kappa shape index (κ1) is 13.9. The van der Waals surface area contributed by atoms with Gasteiger partial charge < -0.3 is 15.1 Å². The molecular formula is C15H12N2O5. The van der Waals surface area contributed by atoms with Gasteiger partial charge in [0.05, 0.1) is 10.5 Å². The molecule has 1 heterocycles. The lowest BCUT2D eigenvalue weighted by molar-refractivity contribution is -0.384. The molecule has 112 valence electrons. The molecule has 2 aromatic rings. The van der Waals surface area contributed by atoms with Crippen LogP contribution in [-0.4, -0.2) is 25.9 Å². The Morgan fingerprint density at radius 1 is 1.14 bits per heavy atom. The number of amides is 1. The van der Waals surface area contributed by atoms with E-state index in [9.17, 15) is 25.1 Å². The average Bonchev–Trinajstić information content (AvgIpc) is 2.81. The summed E-state index contributed by atoms with van der Waals surface area (Å²) in [6.45, 7) is 0.588. The van der Waals surface area contributed by atoms with Crippen molar-refractivity contribution < 1.29 is 19.9 Å². The van der Waals surface area contributed by atoms with E-state index in [0.29, 0.717) is 12.1 Å². The van der Waals surface area contributed by atoms with Crippen LogP contribution in [0.15, 0.2) is 36.4 Å². The topological polar surface area (TPSA) is 104 Å². The van der Waals surface area contributed by atoms with E-state index >= 15 is 0 Å². The maximum atomic E-state index is 12.3. The summed E-state index contributed by atoms with van der Waals surface area (Å²) in [6.07, 6.45) is 0. The second-order valence-electron chi connectivity index (χ2n) is 5.05. The maximum absolute atomic E-state index is 12.3. The fourth-order valence-corrected chi connectivity index (χ4v) is 2.50. The van der Waals surface area contributed by atoms with E-state index in [4.69, 9.17) is 0 Å². The summed E-state index contributed by atoms with van der Waals surface area (Å²) < 4.78 is 0. The molecule has 1 aliphatic heterocycles. The number of benzene rings is 2. The Labute approximate surface area is 125 Å². The molecule has 0 saturated carbocycles. The highest BCUT2D eigenvalue weighted by Crippen LogP contribution is 2.37. The summed E-state index contributed by atoms with van der Waals surface area (Å²) in [5.74, 6) is -1.11. The van der Waals surface area contributed by atoms with E-state index in [1.54, 1.807) is 18.2 Å². The van der Waals surface area contributed by atoms with Crippen molar-refractivity contribution in [3.8, 4) is 11.5 Å². The molecule has 0 spiro atoms. The van der Waals surface area contributed by atoms with Crippen molar-refractivity contribution in [2.75, 3.05) is 0 Å². The summed E-state index contributed by atoms with van der Waals surface area (Å²) in [6, 6.07) is 8.88. The third-order valence-corrected chi connectivity index (χ3v) is 3.63. The smallest absolute Gasteiger partial charge is 0.269 e. The number of fused-ring (bicyclic) bond motifs is 1. The Balaban J connectivity index is 1.82. The SMILES string of the molecule is O=C1c2c(ccc(O)c2O)CN1Cc1ccc([N+](=O)[O-])cc1. The molecule has 1 aliphatic rings. The molecule has 0 radical (unpaired) electrons. The van der Waals surface area contributed by atoms with Gasteiger partial charge in [0.2, 0.25) is 0 Å². The van der Waals surface area contributed by atoms with Gasteiger partial charge in [-0.15, -0.1) is 0 Å². The highest BCUT2D eigenvalue weighted by Gasteiger charge is 2.31. The van der Waals surface area contributed by atoms with Gasteiger partial charge in [-0.3, -0.25) is 14.9 Å². The van der Waals surface area contributed by atoms with E-state index in [2.05, 4.69) is 0 Å². The molecule has 0 saturated heterocycles. The number of non-ortho nitro benzene ring substituents is 1. The normalized spacial score (nSPS) is 13.3. The van der Waals surface area contributed by atoms with Crippen LogP contribution in [0.4, 0.5) is 5.69 Å². The largest absolute Gasteiger partial charge is 0.504 e. The standard InChI is InChI=1S/C15H12N2O5/c18-12-6-3-10-8-16(15(20)13(10)14(12)19)7-9-1-4-11(5-2-9)17(21)22/h1-6,18-19H,7-8H2. The Morgan fingerprint density at radius 3 is 2.45 bits per heavy atom. The van der Waals surface area contributed by atoms with Crippen LogP contribution in [0.2, 0.25) is 0 Å². The minimum absolute atomic E-state index is 0.0117. The zero-order valence-electron chi connectivity index (χ0n) is 11.4. The fraction of sp³-hybridized carbons (Fsp3) is 0.133. The van der Waals surface area contributed by atoms with Crippen molar-refractivity contribution in [2.45, 2.75) is 13.1 Å². The van der Waals surface area contributed by atoms with Crippen molar-refractivity contribution in [1.82, 2.24) is 4.90 Å². The number of phenols is 2. The molecule has 0 aliphatic carbocycles. The second-order valence-corrected chi connectivity index (χ2v) is 5.05. The minimum Gasteiger partial charge on any atom is -0.504 e. The summed E-state index contributed by atoms with van der Waals surface area (Å²) >= 11 is 0. The maximum Gasteiger partial charge on any atom is 0.269 e. The lowest BCUT2D eigenvalue weighted by atomic mass is 10.1. The van der Waals surface area contributed by atoms with Crippen LogP contribution in [0.1, 0.15) is 21.5 Å². The third kappa shape index (κ3) is 2.22. The van der Waals surface area contributed by atoms with Gasteiger partial charge in [-0.1, -0.05) is 18.2 Å². The Morgan fingerprint density at radius 2 is 1.82 bits per heavy atom. The Hall–Kier alpha value is -3.09. The molecule has 2 aromatic carbocycles. The number of hydrogen-bond donors (Lipinski definition) is 2. The number of rotatable bonds is 3. The average molecular weight is 300 g/mol. The predicted octanol–water partition coefficient (Wildman–Crippen LogP) is 2.16. The summed E-state index contributed by atoms with van der Waals surface area (Å²) in [7, 11) is 0. The Kier molecular flexibility index (Phi) is 3.17. The van der Waals surface area contributed by atoms with Crippen molar-refractivity contribution in [1.29, 1.82) is 0 Å². The second kappa shape index (κ2) is 5.03. The number of carbonyl (C=O) groups is 1. The lowest BCUT2D eigenvalue weighted by Crippen LogP contribution is -2.23. The van der Waals surface area contributed by atoms with Crippen molar-refractivity contribution >= 4 is 11.6 Å². The highest BCUT2D eigenvalue weighted by molar-refractivity contribution is 6.01. The number of hydrogen-bond acceptors (Lipinski definition) is 5. The molecule has 3 rings (SSSR count). The van der Waals surface area contributed by atoms with Crippen molar-refractivity contribution in [3.63, 3.8) is 0 Å². The van der Waals surface area contributed by atoms with Crippen LogP contribution < -0.4 is 0 Å². The number of aromatic hydroxyl groups is 2. The first-order chi connectivity index (χ1) is 10.5. The first-order valence-corrected chi connectivity index (χ1v) is 6.54. The van der Waals surface area contributed by atoms with Gasteiger partial charge in [-0.05, 0) is 17.2 Å². The number of carbonyl (C=O) groups excluding carboxylic acids is 1. The minimum atomic E-state index is -0.485. The molecule has 0 aromatic heterocycles. The van der Waals surface area contributed by atoms with Gasteiger partial charge in [0.1, 0.15) is 0 Å². The van der Waals surface area contributed by atoms with Crippen molar-refractivity contribution in [3.05, 3.63) is 63.2 Å². The molecule has 0 bridgehead atoms. The zero-order valence-corrected chi connectivity index (χ0v) is 11.4. The van der Waals surface area contributed by atoms with Gasteiger partial charge in [0.25, 0.3) is 11.6 Å². The van der Waals surface area contributed by atoms with E-state index in [1.165, 1.54) is 23.1 Å². The van der Waals surface area contributed by atoms with Crippen LogP contribution in [0, 0.1) is 10.1 Å².